The van der Waals surface area contributed by atoms with Crippen LogP contribution in [0.25, 0.3) is 11.4 Å². The van der Waals surface area contributed by atoms with Crippen LogP contribution < -0.4 is 5.32 Å². The first-order chi connectivity index (χ1) is 20.0. The number of imide groups is 3. The molecule has 0 aromatic heterocycles. The van der Waals surface area contributed by atoms with Crippen LogP contribution in [0.15, 0.2) is 59.7 Å². The molecule has 0 atom stereocenters. The summed E-state index contributed by atoms with van der Waals surface area (Å²) in [5.41, 5.74) is 0.601. The number of fused-ring (bicyclic) bond motifs is 1. The lowest BCUT2D eigenvalue weighted by molar-refractivity contribution is -0.629. The largest absolute Gasteiger partial charge is 0.540 e. The third-order valence-electron chi connectivity index (χ3n) is 7.45. The fraction of sp³-hybridized carbons (Fsp3) is 0.444. The van der Waals surface area contributed by atoms with Gasteiger partial charge in [-0.15, -0.1) is 0 Å². The smallest absolute Gasteiger partial charge is 0.413 e. The maximum absolute atomic E-state index is 14.8. The van der Waals surface area contributed by atoms with E-state index in [1.54, 1.807) is 53.7 Å². The highest BCUT2D eigenvalue weighted by molar-refractivity contribution is 6.31. The van der Waals surface area contributed by atoms with E-state index in [4.69, 9.17) is 9.47 Å². The monoisotopic (exact) mass is 601 g/mol. The topological polar surface area (TPSA) is 98.8 Å². The summed E-state index contributed by atoms with van der Waals surface area (Å²) >= 11 is 0. The van der Waals surface area contributed by atoms with Crippen LogP contribution in [-0.2, 0) is 29.9 Å². The standard InChI is InChI=1S/C36H44N2O6/c1-33(2,3)23-17-13-21(14-18-23)27-25-26(29(39)37-27)28(22-15-19-24(20-16-22)34(4,5)6)38(30(25)40,31(41)43-35(7,8)9)32(42)44-36(10,11)12/h13-20H,1-12H3/p+1. The molecule has 2 aliphatic rings. The van der Waals surface area contributed by atoms with E-state index in [-0.39, 0.29) is 33.4 Å². The van der Waals surface area contributed by atoms with Crippen molar-refractivity contribution in [3.8, 4) is 0 Å². The van der Waals surface area contributed by atoms with E-state index in [2.05, 4.69) is 46.9 Å². The molecule has 0 fully saturated rings. The fourth-order valence-corrected chi connectivity index (χ4v) is 5.26. The van der Waals surface area contributed by atoms with Crippen molar-refractivity contribution in [3.05, 3.63) is 81.9 Å². The zero-order valence-corrected chi connectivity index (χ0v) is 28.0. The number of ether oxygens (including phenoxy) is 2. The highest BCUT2D eigenvalue weighted by Crippen LogP contribution is 2.49. The maximum atomic E-state index is 14.8. The molecule has 2 aromatic rings. The highest BCUT2D eigenvalue weighted by Gasteiger charge is 2.70. The second-order valence-electron chi connectivity index (χ2n) is 15.5. The second kappa shape index (κ2) is 10.5. The molecule has 0 saturated carbocycles. The Morgan fingerprint density at radius 3 is 1.34 bits per heavy atom. The summed E-state index contributed by atoms with van der Waals surface area (Å²) in [7, 11) is 0. The molecule has 44 heavy (non-hydrogen) atoms. The number of rotatable bonds is 2. The Labute approximate surface area is 260 Å². The molecule has 0 bridgehead atoms. The Hall–Kier alpha value is -4.04. The maximum Gasteiger partial charge on any atom is 0.540 e. The molecule has 8 nitrogen and oxygen atoms in total. The Kier molecular flexibility index (Phi) is 7.88. The van der Waals surface area contributed by atoms with E-state index in [9.17, 15) is 19.2 Å². The van der Waals surface area contributed by atoms with Gasteiger partial charge in [-0.2, -0.15) is 9.59 Å². The first kappa shape index (κ1) is 32.9. The fourth-order valence-electron chi connectivity index (χ4n) is 5.26. The van der Waals surface area contributed by atoms with E-state index in [0.717, 1.165) is 11.1 Å². The van der Waals surface area contributed by atoms with Gasteiger partial charge in [0.15, 0.2) is 5.70 Å². The molecule has 0 aliphatic carbocycles. The minimum atomic E-state index is -1.56. The number of benzene rings is 2. The van der Waals surface area contributed by atoms with Crippen molar-refractivity contribution in [1.82, 2.24) is 5.32 Å². The summed E-state index contributed by atoms with van der Waals surface area (Å²) in [6, 6.07) is 14.7. The van der Waals surface area contributed by atoms with Gasteiger partial charge in [0.25, 0.3) is 5.91 Å². The third-order valence-corrected chi connectivity index (χ3v) is 7.45. The highest BCUT2D eigenvalue weighted by atomic mass is 16.6. The lowest BCUT2D eigenvalue weighted by atomic mass is 9.86. The van der Waals surface area contributed by atoms with Gasteiger partial charge in [-0.05, 0) is 85.7 Å². The molecule has 0 saturated heterocycles. The predicted molar refractivity (Wildman–Crippen MR) is 170 cm³/mol. The molecule has 0 unspecified atom stereocenters. The molecule has 234 valence electrons. The van der Waals surface area contributed by atoms with Crippen molar-refractivity contribution in [2.75, 3.05) is 0 Å². The van der Waals surface area contributed by atoms with Crippen molar-refractivity contribution >= 4 is 35.4 Å². The molecular weight excluding hydrogens is 556 g/mol. The van der Waals surface area contributed by atoms with Crippen molar-refractivity contribution < 1.29 is 33.1 Å². The molecule has 4 rings (SSSR count). The molecule has 0 radical (unpaired) electrons. The van der Waals surface area contributed by atoms with Gasteiger partial charge in [0, 0.05) is 5.56 Å². The van der Waals surface area contributed by atoms with Crippen LogP contribution in [-0.4, -0.2) is 39.7 Å². The second-order valence-corrected chi connectivity index (χ2v) is 15.5. The molecule has 0 spiro atoms. The number of hydrogen-bond acceptors (Lipinski definition) is 6. The quantitative estimate of drug-likeness (QED) is 0.353. The first-order valence-corrected chi connectivity index (χ1v) is 14.9. The average molecular weight is 602 g/mol. The van der Waals surface area contributed by atoms with E-state index < -0.39 is 39.7 Å². The van der Waals surface area contributed by atoms with Crippen LogP contribution >= 0.6 is 0 Å². The summed E-state index contributed by atoms with van der Waals surface area (Å²) in [6.07, 6.45) is -2.28. The molecule has 1 N–H and O–H groups in total. The molecule has 8 heteroatoms. The van der Waals surface area contributed by atoms with Crippen molar-refractivity contribution in [2.45, 2.75) is 105 Å². The Bertz CT molecular complexity index is 1570. The third kappa shape index (κ3) is 5.87. The molecule has 2 aliphatic heterocycles. The Morgan fingerprint density at radius 2 is 0.977 bits per heavy atom. The van der Waals surface area contributed by atoms with Gasteiger partial charge in [-0.1, -0.05) is 77.9 Å². The lowest BCUT2D eigenvalue weighted by Gasteiger charge is -2.32. The summed E-state index contributed by atoms with van der Waals surface area (Å²) in [6.45, 7) is 22.4. The Morgan fingerprint density at radius 1 is 0.591 bits per heavy atom. The number of amides is 4. The van der Waals surface area contributed by atoms with Gasteiger partial charge in [0.2, 0.25) is 0 Å². The molecule has 2 aromatic carbocycles. The minimum Gasteiger partial charge on any atom is -0.413 e. The van der Waals surface area contributed by atoms with Crippen molar-refractivity contribution in [1.29, 1.82) is 0 Å². The Balaban J connectivity index is 2.09. The van der Waals surface area contributed by atoms with E-state index in [0.29, 0.717) is 11.1 Å². The van der Waals surface area contributed by atoms with E-state index in [1.807, 2.05) is 36.4 Å². The van der Waals surface area contributed by atoms with Gasteiger partial charge in [-0.25, -0.2) is 4.79 Å². The SMILES string of the molecule is CC(C)(C)OC(=O)[N+]1(C(=O)OC(C)(C)C)C(=O)C2=C(c3ccc(C(C)(C)C)cc3)NC(=O)C2=C1c1ccc(C(C)(C)C)cc1. The summed E-state index contributed by atoms with van der Waals surface area (Å²) in [5, 5.41) is 2.86. The van der Waals surface area contributed by atoms with E-state index >= 15 is 0 Å². The number of carbonyl (C=O) groups is 4. The first-order valence-electron chi connectivity index (χ1n) is 14.9. The predicted octanol–water partition coefficient (Wildman–Crippen LogP) is 7.76. The van der Waals surface area contributed by atoms with Gasteiger partial charge in [0.05, 0.1) is 5.70 Å². The number of carbonyl (C=O) groups excluding carboxylic acids is 4. The summed E-state index contributed by atoms with van der Waals surface area (Å²) in [5.74, 6) is -1.50. The van der Waals surface area contributed by atoms with Crippen molar-refractivity contribution in [3.63, 3.8) is 0 Å². The van der Waals surface area contributed by atoms with Crippen LogP contribution in [0.2, 0.25) is 0 Å². The van der Waals surface area contributed by atoms with Crippen LogP contribution in [0.1, 0.15) is 105 Å². The normalized spacial score (nSPS) is 17.1. The number of hydrogen-bond donors (Lipinski definition) is 1. The molecular formula is C36H45N2O6+. The summed E-state index contributed by atoms with van der Waals surface area (Å²) in [4.78, 5) is 57.3. The zero-order valence-electron chi connectivity index (χ0n) is 28.0. The zero-order chi connectivity index (χ0) is 33.2. The van der Waals surface area contributed by atoms with Crippen molar-refractivity contribution in [2.24, 2.45) is 0 Å². The van der Waals surface area contributed by atoms with E-state index in [1.165, 1.54) is 0 Å². The average Bonchev–Trinajstić information content (AvgIpc) is 3.34. The van der Waals surface area contributed by atoms with Crippen LogP contribution in [0, 0.1) is 0 Å². The van der Waals surface area contributed by atoms with Crippen LogP contribution in [0.5, 0.6) is 0 Å². The number of nitrogens with one attached hydrogen (secondary N) is 1. The number of nitrogens with zero attached hydrogens (tertiary/aromatic N) is 1. The van der Waals surface area contributed by atoms with Gasteiger partial charge in [-0.3, -0.25) is 4.79 Å². The van der Waals surface area contributed by atoms with Gasteiger partial charge < -0.3 is 14.8 Å². The minimum absolute atomic E-state index is 0.0508. The van der Waals surface area contributed by atoms with Crippen LogP contribution in [0.4, 0.5) is 9.59 Å². The van der Waals surface area contributed by atoms with Gasteiger partial charge in [0.1, 0.15) is 22.3 Å². The summed E-state index contributed by atoms with van der Waals surface area (Å²) < 4.78 is 9.99. The van der Waals surface area contributed by atoms with Gasteiger partial charge >= 0.3 is 18.1 Å². The van der Waals surface area contributed by atoms with Crippen LogP contribution in [0.3, 0.4) is 0 Å². The molecule has 4 amide bonds. The number of quaternary nitrogens is 1. The molecule has 2 heterocycles. The lowest BCUT2D eigenvalue weighted by Crippen LogP contribution is -2.60.